The molecule has 1 aliphatic rings. The lowest BCUT2D eigenvalue weighted by atomic mass is 10.1. The Morgan fingerprint density at radius 1 is 0.974 bits per heavy atom. The molecule has 1 saturated heterocycles. The third-order valence-corrected chi connectivity index (χ3v) is 6.60. The Morgan fingerprint density at radius 3 is 2.45 bits per heavy atom. The molecule has 0 spiro atoms. The van der Waals surface area contributed by atoms with Crippen LogP contribution in [0, 0.1) is 0 Å². The summed E-state index contributed by atoms with van der Waals surface area (Å²) in [5, 5.41) is 2.45. The van der Waals surface area contributed by atoms with Crippen LogP contribution in [0.25, 0.3) is 6.08 Å². The minimum absolute atomic E-state index is 0.151. The average Bonchev–Trinajstić information content (AvgIpc) is 3.20. The summed E-state index contributed by atoms with van der Waals surface area (Å²) < 4.78 is 16.7. The van der Waals surface area contributed by atoms with Crippen molar-refractivity contribution in [3.63, 3.8) is 0 Å². The number of anilines is 1. The first-order chi connectivity index (χ1) is 18.5. The third kappa shape index (κ3) is 6.95. The molecule has 0 bridgehead atoms. The standard InChI is InChI=1S/C29H28N2O6S/c1-3-20-9-12-22(13-10-20)30-27(32)19-37-24-14-11-21(17-25(24)35-2)18-26-28(33)31(29(34)38-26)15-16-36-23-7-5-4-6-8-23/h4-14,17-18H,3,15-16,19H2,1-2H3,(H,30,32)/b26-18-. The van der Waals surface area contributed by atoms with Gasteiger partial charge in [0.1, 0.15) is 12.4 Å². The van der Waals surface area contributed by atoms with Crippen molar-refractivity contribution in [1.29, 1.82) is 0 Å². The molecule has 0 unspecified atom stereocenters. The van der Waals surface area contributed by atoms with Crippen molar-refractivity contribution in [3.05, 3.63) is 88.8 Å². The van der Waals surface area contributed by atoms with Gasteiger partial charge in [0.2, 0.25) is 0 Å². The molecule has 8 nitrogen and oxygen atoms in total. The highest BCUT2D eigenvalue weighted by atomic mass is 32.2. The van der Waals surface area contributed by atoms with Gasteiger partial charge in [-0.3, -0.25) is 19.3 Å². The monoisotopic (exact) mass is 532 g/mol. The number of amides is 3. The van der Waals surface area contributed by atoms with Gasteiger partial charge in [0.05, 0.1) is 18.6 Å². The van der Waals surface area contributed by atoms with Gasteiger partial charge in [-0.25, -0.2) is 0 Å². The van der Waals surface area contributed by atoms with Gasteiger partial charge in [0.25, 0.3) is 17.1 Å². The SMILES string of the molecule is CCc1ccc(NC(=O)COc2ccc(/C=C3\SC(=O)N(CCOc4ccccc4)C3=O)cc2OC)cc1. The van der Waals surface area contributed by atoms with Crippen LogP contribution in [0.3, 0.4) is 0 Å². The second kappa shape index (κ2) is 12.8. The van der Waals surface area contributed by atoms with Crippen molar-refractivity contribution < 1.29 is 28.6 Å². The Morgan fingerprint density at radius 2 is 1.74 bits per heavy atom. The van der Waals surface area contributed by atoms with Crippen molar-refractivity contribution in [2.24, 2.45) is 0 Å². The molecule has 3 aromatic carbocycles. The number of rotatable bonds is 11. The highest BCUT2D eigenvalue weighted by Crippen LogP contribution is 2.34. The van der Waals surface area contributed by atoms with E-state index in [1.807, 2.05) is 54.6 Å². The first-order valence-corrected chi connectivity index (χ1v) is 12.9. The molecule has 0 saturated carbocycles. The van der Waals surface area contributed by atoms with E-state index in [0.29, 0.717) is 33.4 Å². The van der Waals surface area contributed by atoms with Crippen LogP contribution in [0.15, 0.2) is 77.7 Å². The number of nitrogens with one attached hydrogen (secondary N) is 1. The van der Waals surface area contributed by atoms with Gasteiger partial charge in [-0.1, -0.05) is 43.3 Å². The molecule has 196 valence electrons. The zero-order valence-electron chi connectivity index (χ0n) is 21.1. The van der Waals surface area contributed by atoms with E-state index in [1.165, 1.54) is 17.6 Å². The highest BCUT2D eigenvalue weighted by molar-refractivity contribution is 8.18. The van der Waals surface area contributed by atoms with Gasteiger partial charge in [-0.15, -0.1) is 0 Å². The predicted octanol–water partition coefficient (Wildman–Crippen LogP) is 5.39. The molecule has 38 heavy (non-hydrogen) atoms. The van der Waals surface area contributed by atoms with Crippen LogP contribution in [-0.4, -0.2) is 48.8 Å². The lowest BCUT2D eigenvalue weighted by Gasteiger charge is -2.13. The molecule has 1 fully saturated rings. The van der Waals surface area contributed by atoms with E-state index < -0.39 is 0 Å². The van der Waals surface area contributed by atoms with Crippen molar-refractivity contribution in [2.45, 2.75) is 13.3 Å². The van der Waals surface area contributed by atoms with Gasteiger partial charge in [0.15, 0.2) is 18.1 Å². The van der Waals surface area contributed by atoms with Gasteiger partial charge in [-0.2, -0.15) is 0 Å². The second-order valence-electron chi connectivity index (χ2n) is 8.29. The van der Waals surface area contributed by atoms with Crippen molar-refractivity contribution in [1.82, 2.24) is 4.90 Å². The molecule has 1 heterocycles. The molecular weight excluding hydrogens is 504 g/mol. The first-order valence-electron chi connectivity index (χ1n) is 12.1. The van der Waals surface area contributed by atoms with Crippen LogP contribution in [0.1, 0.15) is 18.1 Å². The Kier molecular flexibility index (Phi) is 9.05. The Bertz CT molecular complexity index is 1320. The van der Waals surface area contributed by atoms with Crippen LogP contribution in [-0.2, 0) is 16.0 Å². The molecule has 4 rings (SSSR count). The van der Waals surface area contributed by atoms with Crippen LogP contribution in [0.2, 0.25) is 0 Å². The molecule has 0 aliphatic carbocycles. The first kappa shape index (κ1) is 26.8. The predicted molar refractivity (Wildman–Crippen MR) is 148 cm³/mol. The maximum Gasteiger partial charge on any atom is 0.293 e. The fourth-order valence-electron chi connectivity index (χ4n) is 3.67. The number of carbonyl (C=O) groups excluding carboxylic acids is 3. The summed E-state index contributed by atoms with van der Waals surface area (Å²) in [7, 11) is 1.49. The number of benzene rings is 3. The molecule has 1 aliphatic heterocycles. The molecule has 3 amide bonds. The Hall–Kier alpha value is -4.24. The van der Waals surface area contributed by atoms with Crippen LogP contribution >= 0.6 is 11.8 Å². The van der Waals surface area contributed by atoms with Gasteiger partial charge < -0.3 is 19.5 Å². The normalized spacial score (nSPS) is 14.1. The van der Waals surface area contributed by atoms with E-state index in [9.17, 15) is 14.4 Å². The summed E-state index contributed by atoms with van der Waals surface area (Å²) in [6.45, 7) is 2.22. The maximum atomic E-state index is 12.8. The van der Waals surface area contributed by atoms with E-state index in [4.69, 9.17) is 14.2 Å². The number of ether oxygens (including phenoxy) is 3. The second-order valence-corrected chi connectivity index (χ2v) is 9.29. The summed E-state index contributed by atoms with van der Waals surface area (Å²) in [4.78, 5) is 39.0. The van der Waals surface area contributed by atoms with Gasteiger partial charge >= 0.3 is 0 Å². The Balaban J connectivity index is 1.34. The number of thioether (sulfide) groups is 1. The molecule has 0 atom stereocenters. The zero-order chi connectivity index (χ0) is 26.9. The Labute approximate surface area is 225 Å². The number of hydrogen-bond donors (Lipinski definition) is 1. The third-order valence-electron chi connectivity index (χ3n) is 5.69. The fraction of sp³-hybridized carbons (Fsp3) is 0.207. The van der Waals surface area contributed by atoms with E-state index in [-0.39, 0.29) is 36.8 Å². The smallest absolute Gasteiger partial charge is 0.293 e. The van der Waals surface area contributed by atoms with E-state index in [1.54, 1.807) is 24.3 Å². The minimum atomic E-state index is -0.375. The molecule has 1 N–H and O–H groups in total. The molecule has 0 aromatic heterocycles. The number of carbonyl (C=O) groups is 3. The lowest BCUT2D eigenvalue weighted by molar-refractivity contribution is -0.123. The number of hydrogen-bond acceptors (Lipinski definition) is 7. The number of imide groups is 1. The van der Waals surface area contributed by atoms with E-state index >= 15 is 0 Å². The van der Waals surface area contributed by atoms with Crippen molar-refractivity contribution in [2.75, 3.05) is 32.2 Å². The largest absolute Gasteiger partial charge is 0.493 e. The molecule has 9 heteroatoms. The topological polar surface area (TPSA) is 94.2 Å². The summed E-state index contributed by atoms with van der Waals surface area (Å²) >= 11 is 0.876. The van der Waals surface area contributed by atoms with Crippen molar-refractivity contribution >= 4 is 40.6 Å². The quantitative estimate of drug-likeness (QED) is 0.331. The number of nitrogens with zero attached hydrogens (tertiary/aromatic N) is 1. The van der Waals surface area contributed by atoms with Gasteiger partial charge in [-0.05, 0) is 71.8 Å². The van der Waals surface area contributed by atoms with Crippen molar-refractivity contribution in [3.8, 4) is 17.2 Å². The van der Waals surface area contributed by atoms with Gasteiger partial charge in [0, 0.05) is 5.69 Å². The van der Waals surface area contributed by atoms with E-state index in [2.05, 4.69) is 12.2 Å². The molecular formula is C29H28N2O6S. The minimum Gasteiger partial charge on any atom is -0.493 e. The lowest BCUT2D eigenvalue weighted by Crippen LogP contribution is -2.32. The number of aryl methyl sites for hydroxylation is 1. The number of methoxy groups -OCH3 is 1. The summed E-state index contributed by atoms with van der Waals surface area (Å²) in [6, 6.07) is 21.9. The molecule has 3 aromatic rings. The van der Waals surface area contributed by atoms with Crippen LogP contribution < -0.4 is 19.5 Å². The maximum absolute atomic E-state index is 12.8. The molecule has 0 radical (unpaired) electrons. The van der Waals surface area contributed by atoms with Crippen LogP contribution in [0.5, 0.6) is 17.2 Å². The van der Waals surface area contributed by atoms with Crippen LogP contribution in [0.4, 0.5) is 10.5 Å². The average molecular weight is 533 g/mol. The summed E-state index contributed by atoms with van der Waals surface area (Å²) in [5.74, 6) is 0.777. The fourth-order valence-corrected chi connectivity index (χ4v) is 4.54. The summed E-state index contributed by atoms with van der Waals surface area (Å²) in [6.07, 6.45) is 2.55. The number of para-hydroxylation sites is 1. The highest BCUT2D eigenvalue weighted by Gasteiger charge is 2.34. The van der Waals surface area contributed by atoms with E-state index in [0.717, 1.165) is 18.2 Å². The summed E-state index contributed by atoms with van der Waals surface area (Å²) in [5.41, 5.74) is 2.53. The zero-order valence-corrected chi connectivity index (χ0v) is 22.0.